The fourth-order valence-corrected chi connectivity index (χ4v) is 3.05. The van der Waals surface area contributed by atoms with Crippen LogP contribution in [-0.2, 0) is 6.42 Å². The first-order valence-corrected chi connectivity index (χ1v) is 8.76. The van der Waals surface area contributed by atoms with Gasteiger partial charge in [0.15, 0.2) is 11.5 Å². The molecule has 0 atom stereocenters. The van der Waals surface area contributed by atoms with Gasteiger partial charge < -0.3 is 19.3 Å². The standard InChI is InChI=1S/C19H20N4O3/c1-3-24-15-6-5-12(11-16(15)25-4-2)19-22-18(23-26-19)14-8-10-21-17-13(14)7-9-20-17/h5-6,8,10-11H,3-4,7,9H2,1-2H3,(H,20,21). The normalized spacial score (nSPS) is 12.5. The van der Waals surface area contributed by atoms with E-state index in [1.54, 1.807) is 6.20 Å². The molecule has 0 bridgehead atoms. The van der Waals surface area contributed by atoms with Gasteiger partial charge in [0.05, 0.1) is 13.2 Å². The molecule has 3 aromatic rings. The third kappa shape index (κ3) is 2.96. The Hall–Kier alpha value is -3.09. The molecular weight excluding hydrogens is 332 g/mol. The summed E-state index contributed by atoms with van der Waals surface area (Å²) >= 11 is 0. The van der Waals surface area contributed by atoms with Gasteiger partial charge in [0, 0.05) is 29.4 Å². The van der Waals surface area contributed by atoms with Crippen molar-refractivity contribution in [3.8, 4) is 34.3 Å². The predicted molar refractivity (Wildman–Crippen MR) is 97.5 cm³/mol. The van der Waals surface area contributed by atoms with Crippen LogP contribution in [0.2, 0.25) is 0 Å². The minimum atomic E-state index is 0.445. The zero-order valence-corrected chi connectivity index (χ0v) is 14.8. The van der Waals surface area contributed by atoms with E-state index >= 15 is 0 Å². The van der Waals surface area contributed by atoms with E-state index in [-0.39, 0.29) is 0 Å². The lowest BCUT2D eigenvalue weighted by Gasteiger charge is -2.11. The van der Waals surface area contributed by atoms with E-state index in [2.05, 4.69) is 20.4 Å². The molecule has 0 saturated carbocycles. The van der Waals surface area contributed by atoms with Crippen molar-refractivity contribution in [1.29, 1.82) is 0 Å². The average molecular weight is 352 g/mol. The molecule has 0 amide bonds. The van der Waals surface area contributed by atoms with Crippen LogP contribution in [0.5, 0.6) is 11.5 Å². The molecule has 1 aromatic carbocycles. The van der Waals surface area contributed by atoms with Gasteiger partial charge >= 0.3 is 0 Å². The quantitative estimate of drug-likeness (QED) is 0.726. The Morgan fingerprint density at radius 1 is 1.12 bits per heavy atom. The van der Waals surface area contributed by atoms with E-state index in [1.807, 2.05) is 38.1 Å². The summed E-state index contributed by atoms with van der Waals surface area (Å²) in [6, 6.07) is 7.54. The van der Waals surface area contributed by atoms with Crippen molar-refractivity contribution >= 4 is 5.82 Å². The number of pyridine rings is 1. The molecule has 1 N–H and O–H groups in total. The fourth-order valence-electron chi connectivity index (χ4n) is 3.05. The largest absolute Gasteiger partial charge is 0.490 e. The highest BCUT2D eigenvalue weighted by Gasteiger charge is 2.20. The van der Waals surface area contributed by atoms with Crippen molar-refractivity contribution in [3.63, 3.8) is 0 Å². The summed E-state index contributed by atoms with van der Waals surface area (Å²) in [7, 11) is 0. The Bertz CT molecular complexity index is 923. The summed E-state index contributed by atoms with van der Waals surface area (Å²) < 4.78 is 16.8. The second-order valence-electron chi connectivity index (χ2n) is 5.81. The van der Waals surface area contributed by atoms with E-state index in [1.165, 1.54) is 0 Å². The molecule has 0 saturated heterocycles. The summed E-state index contributed by atoms with van der Waals surface area (Å²) in [5.74, 6) is 3.28. The third-order valence-corrected chi connectivity index (χ3v) is 4.18. The minimum absolute atomic E-state index is 0.445. The molecular formula is C19H20N4O3. The van der Waals surface area contributed by atoms with Gasteiger partial charge in [0.2, 0.25) is 5.82 Å². The number of aromatic nitrogens is 3. The number of fused-ring (bicyclic) bond motifs is 1. The lowest BCUT2D eigenvalue weighted by molar-refractivity contribution is 0.288. The first-order valence-electron chi connectivity index (χ1n) is 8.76. The van der Waals surface area contributed by atoms with E-state index in [0.29, 0.717) is 36.4 Å². The summed E-state index contributed by atoms with van der Waals surface area (Å²) in [6.45, 7) is 5.88. The smallest absolute Gasteiger partial charge is 0.258 e. The second-order valence-corrected chi connectivity index (χ2v) is 5.81. The molecule has 0 spiro atoms. The maximum absolute atomic E-state index is 5.67. The molecule has 7 nitrogen and oxygen atoms in total. The van der Waals surface area contributed by atoms with Gasteiger partial charge in [-0.2, -0.15) is 4.98 Å². The van der Waals surface area contributed by atoms with Gasteiger partial charge in [-0.3, -0.25) is 0 Å². The maximum Gasteiger partial charge on any atom is 0.258 e. The highest BCUT2D eigenvalue weighted by Crippen LogP contribution is 2.34. The fraction of sp³-hybridized carbons (Fsp3) is 0.316. The molecule has 0 fully saturated rings. The molecule has 7 heteroatoms. The Morgan fingerprint density at radius 2 is 1.96 bits per heavy atom. The molecule has 0 unspecified atom stereocenters. The second kappa shape index (κ2) is 7.03. The lowest BCUT2D eigenvalue weighted by atomic mass is 10.1. The summed E-state index contributed by atoms with van der Waals surface area (Å²) in [5, 5.41) is 7.42. The van der Waals surface area contributed by atoms with Crippen LogP contribution < -0.4 is 14.8 Å². The van der Waals surface area contributed by atoms with Crippen LogP contribution in [0, 0.1) is 0 Å². The molecule has 4 rings (SSSR count). The SMILES string of the molecule is CCOc1ccc(-c2nc(-c3ccnc4c3CCN4)no2)cc1OCC. The Balaban J connectivity index is 1.68. The van der Waals surface area contributed by atoms with Crippen molar-refractivity contribution in [2.24, 2.45) is 0 Å². The van der Waals surface area contributed by atoms with Crippen LogP contribution in [0.1, 0.15) is 19.4 Å². The van der Waals surface area contributed by atoms with Crippen molar-refractivity contribution < 1.29 is 14.0 Å². The first-order chi connectivity index (χ1) is 12.8. The molecule has 0 aliphatic carbocycles. The topological polar surface area (TPSA) is 82.3 Å². The zero-order valence-electron chi connectivity index (χ0n) is 14.8. The summed E-state index contributed by atoms with van der Waals surface area (Å²) in [5.41, 5.74) is 2.87. The van der Waals surface area contributed by atoms with Gasteiger partial charge in [-0.25, -0.2) is 4.98 Å². The molecule has 3 heterocycles. The number of ether oxygens (including phenoxy) is 2. The molecule has 1 aliphatic heterocycles. The maximum atomic E-state index is 5.67. The minimum Gasteiger partial charge on any atom is -0.490 e. The number of hydrogen-bond acceptors (Lipinski definition) is 7. The molecule has 26 heavy (non-hydrogen) atoms. The monoisotopic (exact) mass is 352 g/mol. The lowest BCUT2D eigenvalue weighted by Crippen LogP contribution is -1.98. The van der Waals surface area contributed by atoms with Gasteiger partial charge in [0.1, 0.15) is 5.82 Å². The van der Waals surface area contributed by atoms with Crippen LogP contribution in [0.25, 0.3) is 22.8 Å². The van der Waals surface area contributed by atoms with E-state index in [4.69, 9.17) is 14.0 Å². The number of hydrogen-bond donors (Lipinski definition) is 1. The number of nitrogens with zero attached hydrogens (tertiary/aromatic N) is 3. The first kappa shape index (κ1) is 16.4. The van der Waals surface area contributed by atoms with Crippen LogP contribution in [0.15, 0.2) is 35.0 Å². The van der Waals surface area contributed by atoms with E-state index in [0.717, 1.165) is 35.5 Å². The van der Waals surface area contributed by atoms with Crippen LogP contribution in [0.3, 0.4) is 0 Å². The third-order valence-electron chi connectivity index (χ3n) is 4.18. The van der Waals surface area contributed by atoms with Crippen LogP contribution >= 0.6 is 0 Å². The number of rotatable bonds is 6. The van der Waals surface area contributed by atoms with Crippen molar-refractivity contribution in [1.82, 2.24) is 15.1 Å². The Labute approximate surface area is 151 Å². The highest BCUT2D eigenvalue weighted by atomic mass is 16.5. The van der Waals surface area contributed by atoms with Gasteiger partial charge in [-0.15, -0.1) is 0 Å². The van der Waals surface area contributed by atoms with Gasteiger partial charge in [0.25, 0.3) is 5.89 Å². The zero-order chi connectivity index (χ0) is 17.9. The highest BCUT2D eigenvalue weighted by molar-refractivity contribution is 5.70. The molecule has 0 radical (unpaired) electrons. The van der Waals surface area contributed by atoms with Crippen LogP contribution in [0.4, 0.5) is 5.82 Å². The van der Waals surface area contributed by atoms with Crippen molar-refractivity contribution in [3.05, 3.63) is 36.0 Å². The van der Waals surface area contributed by atoms with Gasteiger partial charge in [-0.1, -0.05) is 5.16 Å². The van der Waals surface area contributed by atoms with E-state index in [9.17, 15) is 0 Å². The summed E-state index contributed by atoms with van der Waals surface area (Å²) in [6.07, 6.45) is 2.66. The van der Waals surface area contributed by atoms with Crippen LogP contribution in [-0.4, -0.2) is 34.9 Å². The van der Waals surface area contributed by atoms with Gasteiger partial charge in [-0.05, 0) is 44.5 Å². The Morgan fingerprint density at radius 3 is 2.81 bits per heavy atom. The van der Waals surface area contributed by atoms with E-state index < -0.39 is 0 Å². The number of nitrogens with one attached hydrogen (secondary N) is 1. The summed E-state index contributed by atoms with van der Waals surface area (Å²) in [4.78, 5) is 8.92. The van der Waals surface area contributed by atoms with Crippen molar-refractivity contribution in [2.45, 2.75) is 20.3 Å². The predicted octanol–water partition coefficient (Wildman–Crippen LogP) is 3.56. The average Bonchev–Trinajstić information content (AvgIpc) is 3.33. The number of anilines is 1. The Kier molecular flexibility index (Phi) is 4.43. The molecule has 1 aliphatic rings. The number of benzene rings is 1. The molecule has 134 valence electrons. The molecule has 2 aromatic heterocycles. The van der Waals surface area contributed by atoms with Crippen molar-refractivity contribution in [2.75, 3.05) is 25.1 Å².